The molecule has 198 valence electrons. The second-order valence-corrected chi connectivity index (χ2v) is 8.79. The van der Waals surface area contributed by atoms with Gasteiger partial charge in [-0.15, -0.1) is 0 Å². The monoisotopic (exact) mass is 488 g/mol. The normalized spacial score (nSPS) is 33.7. The minimum absolute atomic E-state index is 0.0660. The smallest absolute Gasteiger partial charge is 0.303 e. The molecule has 2 fully saturated rings. The summed E-state index contributed by atoms with van der Waals surface area (Å²) in [6.45, 7) is 5.51. The van der Waals surface area contributed by atoms with Gasteiger partial charge in [0.1, 0.15) is 30.2 Å². The van der Waals surface area contributed by atoms with Crippen molar-refractivity contribution in [2.75, 3.05) is 6.61 Å². The highest BCUT2D eigenvalue weighted by Crippen LogP contribution is 2.38. The third kappa shape index (κ3) is 9.02. The van der Waals surface area contributed by atoms with Crippen LogP contribution >= 0.6 is 0 Å². The van der Waals surface area contributed by atoms with Gasteiger partial charge in [0.25, 0.3) is 0 Å². The Bertz CT molecular complexity index is 622. The molecule has 0 radical (unpaired) electrons. The maximum absolute atomic E-state index is 12.8. The van der Waals surface area contributed by atoms with Gasteiger partial charge < -0.3 is 35.0 Å². The predicted octanol–water partition coefficient (Wildman–Crippen LogP) is 2.18. The molecule has 0 aromatic rings. The number of allylic oxidation sites excluding steroid dienone is 1. The molecule has 2 aliphatic rings. The molecule has 1 aliphatic carbocycles. The molecule has 4 unspecified atom stereocenters. The summed E-state index contributed by atoms with van der Waals surface area (Å²) >= 11 is 0. The van der Waals surface area contributed by atoms with E-state index < -0.39 is 49.4 Å². The summed E-state index contributed by atoms with van der Waals surface area (Å²) in [6.07, 6.45) is 2.51. The Labute approximate surface area is 202 Å². The van der Waals surface area contributed by atoms with Crippen LogP contribution in [-0.2, 0) is 19.1 Å². The lowest BCUT2D eigenvalue weighted by atomic mass is 9.88. The Morgan fingerprint density at radius 1 is 1.09 bits per heavy atom. The number of aliphatic carboxylic acids is 1. The van der Waals surface area contributed by atoms with Crippen LogP contribution in [0.3, 0.4) is 0 Å². The van der Waals surface area contributed by atoms with E-state index in [-0.39, 0.29) is 30.5 Å². The maximum Gasteiger partial charge on any atom is 0.303 e. The number of hydrogen-bond acceptors (Lipinski definition) is 8. The van der Waals surface area contributed by atoms with Crippen molar-refractivity contribution in [1.82, 2.24) is 0 Å². The summed E-state index contributed by atoms with van der Waals surface area (Å²) in [5, 5.41) is 48.4. The molecule has 9 heteroatoms. The summed E-state index contributed by atoms with van der Waals surface area (Å²) in [4.78, 5) is 23.4. The Kier molecular flexibility index (Phi) is 14.7. The van der Waals surface area contributed by atoms with Gasteiger partial charge >= 0.3 is 5.97 Å². The first-order valence-electron chi connectivity index (χ1n) is 12.7. The van der Waals surface area contributed by atoms with Crippen LogP contribution in [0.2, 0.25) is 0 Å². The molecule has 1 heterocycles. The number of carboxylic acids is 1. The minimum atomic E-state index is -1.53. The topological polar surface area (TPSA) is 154 Å². The van der Waals surface area contributed by atoms with Crippen LogP contribution in [0.25, 0.3) is 0 Å². The summed E-state index contributed by atoms with van der Waals surface area (Å²) in [7, 11) is 0. The summed E-state index contributed by atoms with van der Waals surface area (Å²) in [5.41, 5.74) is 0. The molecule has 9 nitrogen and oxygen atoms in total. The highest BCUT2D eigenvalue weighted by molar-refractivity contribution is 5.84. The SMILES string of the molecule is CC.CCCC=CC1C(OC2O[C@H](CO)[C@@H](O)[C@H](O)[C@H]2O)CC(=O)C1CCCCCCC(=O)O. The number of carboxylic acid groups (broad SMARTS) is 1. The van der Waals surface area contributed by atoms with Gasteiger partial charge in [0, 0.05) is 24.7 Å². The average Bonchev–Trinajstić information content (AvgIpc) is 3.11. The van der Waals surface area contributed by atoms with Crippen LogP contribution in [-0.4, -0.2) is 80.7 Å². The van der Waals surface area contributed by atoms with Gasteiger partial charge in [0.05, 0.1) is 12.7 Å². The van der Waals surface area contributed by atoms with Crippen LogP contribution in [0.15, 0.2) is 12.2 Å². The van der Waals surface area contributed by atoms with Crippen molar-refractivity contribution in [2.45, 2.75) is 115 Å². The second kappa shape index (κ2) is 16.3. The number of Topliss-reactive ketones (excluding diaryl/α,β-unsaturated/α-hetero) is 1. The molecule has 34 heavy (non-hydrogen) atoms. The van der Waals surface area contributed by atoms with Crippen molar-refractivity contribution in [2.24, 2.45) is 11.8 Å². The standard InChI is InChI=1S/C23H38O9.C2H6/c1-2-3-6-10-15-14(9-7-4-5-8-11-19(26)27)16(25)12-17(15)31-23-22(30)21(29)20(28)18(13-24)32-23;1-2/h6,10,14-15,17-18,20-24,28-30H,2-5,7-9,11-13H2,1H3,(H,26,27);1-2H3/t14?,15?,17?,18-,20-,21+,22-,23?;/m1./s1. The highest BCUT2D eigenvalue weighted by Gasteiger charge is 2.48. The molecule has 0 aromatic carbocycles. The van der Waals surface area contributed by atoms with Crippen molar-refractivity contribution in [3.8, 4) is 0 Å². The Balaban J connectivity index is 0.00000281. The number of aliphatic hydroxyl groups excluding tert-OH is 4. The van der Waals surface area contributed by atoms with Gasteiger partial charge in [-0.3, -0.25) is 9.59 Å². The number of hydrogen-bond donors (Lipinski definition) is 5. The Hall–Kier alpha value is -1.36. The van der Waals surface area contributed by atoms with Gasteiger partial charge in [-0.05, 0) is 19.3 Å². The van der Waals surface area contributed by atoms with E-state index in [1.54, 1.807) is 0 Å². The quantitative estimate of drug-likeness (QED) is 0.194. The van der Waals surface area contributed by atoms with E-state index in [9.17, 15) is 30.0 Å². The minimum Gasteiger partial charge on any atom is -0.481 e. The molecule has 0 bridgehead atoms. The van der Waals surface area contributed by atoms with Crippen molar-refractivity contribution in [3.05, 3.63) is 12.2 Å². The van der Waals surface area contributed by atoms with E-state index in [0.29, 0.717) is 12.8 Å². The zero-order valence-corrected chi connectivity index (χ0v) is 20.7. The van der Waals surface area contributed by atoms with E-state index in [2.05, 4.69) is 6.92 Å². The summed E-state index contributed by atoms with van der Waals surface area (Å²) in [6, 6.07) is 0. The molecule has 1 saturated carbocycles. The van der Waals surface area contributed by atoms with Crippen molar-refractivity contribution >= 4 is 11.8 Å². The maximum atomic E-state index is 12.8. The van der Waals surface area contributed by atoms with E-state index >= 15 is 0 Å². The zero-order valence-electron chi connectivity index (χ0n) is 20.7. The van der Waals surface area contributed by atoms with Crippen LogP contribution in [0, 0.1) is 11.8 Å². The number of carbonyl (C=O) groups is 2. The number of ether oxygens (including phenoxy) is 2. The van der Waals surface area contributed by atoms with E-state index in [1.807, 2.05) is 26.0 Å². The van der Waals surface area contributed by atoms with Gasteiger partial charge in [0.2, 0.25) is 0 Å². The molecule has 1 aliphatic heterocycles. The largest absolute Gasteiger partial charge is 0.481 e. The fourth-order valence-electron chi connectivity index (χ4n) is 4.48. The van der Waals surface area contributed by atoms with Gasteiger partial charge in [-0.1, -0.05) is 58.6 Å². The van der Waals surface area contributed by atoms with Crippen LogP contribution in [0.4, 0.5) is 0 Å². The lowest BCUT2D eigenvalue weighted by Gasteiger charge is -2.41. The molecule has 0 spiro atoms. The van der Waals surface area contributed by atoms with Crippen molar-refractivity contribution < 1.29 is 44.6 Å². The van der Waals surface area contributed by atoms with Gasteiger partial charge in [0.15, 0.2) is 6.29 Å². The molecule has 1 saturated heterocycles. The first kappa shape index (κ1) is 30.7. The zero-order chi connectivity index (χ0) is 25.7. The van der Waals surface area contributed by atoms with Gasteiger partial charge in [-0.2, -0.15) is 0 Å². The average molecular weight is 489 g/mol. The van der Waals surface area contributed by atoms with E-state index in [0.717, 1.165) is 32.1 Å². The first-order valence-corrected chi connectivity index (χ1v) is 12.7. The number of unbranched alkanes of at least 4 members (excludes halogenated alkanes) is 4. The van der Waals surface area contributed by atoms with Crippen molar-refractivity contribution in [3.63, 3.8) is 0 Å². The third-order valence-electron chi connectivity index (χ3n) is 6.34. The molecule has 0 aromatic heterocycles. The summed E-state index contributed by atoms with van der Waals surface area (Å²) in [5.74, 6) is -1.18. The number of carbonyl (C=O) groups excluding carboxylic acids is 1. The summed E-state index contributed by atoms with van der Waals surface area (Å²) < 4.78 is 11.4. The fourth-order valence-corrected chi connectivity index (χ4v) is 4.48. The molecule has 5 N–H and O–H groups in total. The lowest BCUT2D eigenvalue weighted by molar-refractivity contribution is -0.312. The predicted molar refractivity (Wildman–Crippen MR) is 126 cm³/mol. The van der Waals surface area contributed by atoms with Gasteiger partial charge in [-0.25, -0.2) is 0 Å². The molecular weight excluding hydrogens is 444 g/mol. The Morgan fingerprint density at radius 2 is 1.76 bits per heavy atom. The van der Waals surface area contributed by atoms with Crippen LogP contribution in [0.5, 0.6) is 0 Å². The van der Waals surface area contributed by atoms with Crippen LogP contribution < -0.4 is 0 Å². The number of aliphatic hydroxyl groups is 4. The molecule has 2 rings (SSSR count). The van der Waals surface area contributed by atoms with Crippen molar-refractivity contribution in [1.29, 1.82) is 0 Å². The van der Waals surface area contributed by atoms with E-state index in [4.69, 9.17) is 14.6 Å². The number of rotatable bonds is 13. The Morgan fingerprint density at radius 3 is 2.38 bits per heavy atom. The highest BCUT2D eigenvalue weighted by atomic mass is 16.7. The van der Waals surface area contributed by atoms with Crippen LogP contribution in [0.1, 0.15) is 78.6 Å². The lowest BCUT2D eigenvalue weighted by Crippen LogP contribution is -2.59. The second-order valence-electron chi connectivity index (χ2n) is 8.79. The fraction of sp³-hybridized carbons (Fsp3) is 0.840. The first-order chi connectivity index (χ1) is 16.3. The number of ketones is 1. The third-order valence-corrected chi connectivity index (χ3v) is 6.34. The molecule has 8 atom stereocenters. The van der Waals surface area contributed by atoms with E-state index in [1.165, 1.54) is 0 Å². The molecular formula is C25H44O9. The molecule has 0 amide bonds.